The van der Waals surface area contributed by atoms with Gasteiger partial charge in [0.1, 0.15) is 5.92 Å². The Morgan fingerprint density at radius 1 is 1.19 bits per heavy atom. The minimum Gasteiger partial charge on any atom is -0.271 e. The fourth-order valence-electron chi connectivity index (χ4n) is 1.99. The molecular weight excluding hydrogens is 327 g/mol. The molecule has 106 valence electrons. The van der Waals surface area contributed by atoms with Gasteiger partial charge in [-0.3, -0.25) is 4.79 Å². The summed E-state index contributed by atoms with van der Waals surface area (Å²) in [6.45, 7) is 0. The van der Waals surface area contributed by atoms with Crippen LogP contribution in [0.25, 0.3) is 0 Å². The molecule has 0 aromatic heterocycles. The number of nitrogens with zero attached hydrogens (tertiary/aromatic N) is 2. The third-order valence-corrected chi connectivity index (χ3v) is 4.55. The Hall–Kier alpha value is -1.36. The molecule has 21 heavy (non-hydrogen) atoms. The number of aliphatic imine (C=N–C) groups is 2. The number of allylic oxidation sites excluding steroid dienone is 3. The summed E-state index contributed by atoms with van der Waals surface area (Å²) in [6, 6.07) is 5.35. The summed E-state index contributed by atoms with van der Waals surface area (Å²) in [5.74, 6) is 0.0760. The number of thioether (sulfide) groups is 1. The van der Waals surface area contributed by atoms with E-state index in [0.29, 0.717) is 21.0 Å². The molecule has 1 aliphatic carbocycles. The van der Waals surface area contributed by atoms with Crippen molar-refractivity contribution in [3.05, 3.63) is 58.1 Å². The van der Waals surface area contributed by atoms with Crippen molar-refractivity contribution in [2.24, 2.45) is 15.9 Å². The van der Waals surface area contributed by atoms with Gasteiger partial charge >= 0.3 is 0 Å². The molecule has 1 aliphatic heterocycles. The summed E-state index contributed by atoms with van der Waals surface area (Å²) >= 11 is 13.4. The largest absolute Gasteiger partial charge is 0.271 e. The number of hydrogen-bond acceptors (Lipinski definition) is 3. The van der Waals surface area contributed by atoms with Crippen LogP contribution in [-0.4, -0.2) is 16.8 Å². The minimum absolute atomic E-state index is 0.176. The van der Waals surface area contributed by atoms with Crippen LogP contribution in [0.1, 0.15) is 5.56 Å². The Balaban J connectivity index is 1.74. The molecule has 6 heteroatoms. The second-order valence-electron chi connectivity index (χ2n) is 4.52. The highest BCUT2D eigenvalue weighted by atomic mass is 35.5. The van der Waals surface area contributed by atoms with Crippen LogP contribution >= 0.6 is 35.0 Å². The van der Waals surface area contributed by atoms with E-state index in [0.717, 1.165) is 11.3 Å². The van der Waals surface area contributed by atoms with Gasteiger partial charge in [0.15, 0.2) is 5.17 Å². The SMILES string of the molecule is O=C1N=C(SCc2ccc(Cl)cc2Cl)N=C2C=CC=CC12. The average Bonchev–Trinajstić information content (AvgIpc) is 2.46. The van der Waals surface area contributed by atoms with Crippen molar-refractivity contribution in [1.82, 2.24) is 0 Å². The van der Waals surface area contributed by atoms with Gasteiger partial charge in [0.25, 0.3) is 5.91 Å². The van der Waals surface area contributed by atoms with E-state index in [1.165, 1.54) is 11.8 Å². The molecule has 3 rings (SSSR count). The lowest BCUT2D eigenvalue weighted by atomic mass is 9.97. The molecule has 1 unspecified atom stereocenters. The maximum Gasteiger partial charge on any atom is 0.261 e. The number of carbonyl (C=O) groups is 1. The number of hydrogen-bond donors (Lipinski definition) is 0. The van der Waals surface area contributed by atoms with Crippen LogP contribution in [0.5, 0.6) is 0 Å². The topological polar surface area (TPSA) is 41.8 Å². The molecule has 2 aliphatic rings. The summed E-state index contributed by atoms with van der Waals surface area (Å²) in [6.07, 6.45) is 7.35. The molecule has 1 heterocycles. The number of halogens is 2. The number of carbonyl (C=O) groups excluding carboxylic acids is 1. The summed E-state index contributed by atoms with van der Waals surface area (Å²) in [5, 5.41) is 1.67. The van der Waals surface area contributed by atoms with Crippen molar-refractivity contribution >= 4 is 51.8 Å². The van der Waals surface area contributed by atoms with Gasteiger partial charge in [-0.15, -0.1) is 0 Å². The molecule has 0 saturated carbocycles. The lowest BCUT2D eigenvalue weighted by Crippen LogP contribution is -2.26. The first-order valence-electron chi connectivity index (χ1n) is 6.26. The Morgan fingerprint density at radius 2 is 2.05 bits per heavy atom. The first-order chi connectivity index (χ1) is 10.1. The Labute approximate surface area is 136 Å². The number of rotatable bonds is 2. The number of benzene rings is 1. The third kappa shape index (κ3) is 3.28. The van der Waals surface area contributed by atoms with Gasteiger partial charge in [-0.25, -0.2) is 4.99 Å². The van der Waals surface area contributed by atoms with Crippen molar-refractivity contribution in [2.75, 3.05) is 0 Å². The Bertz CT molecular complexity index is 722. The zero-order valence-corrected chi connectivity index (χ0v) is 13.1. The highest BCUT2D eigenvalue weighted by molar-refractivity contribution is 8.13. The van der Waals surface area contributed by atoms with E-state index in [1.54, 1.807) is 12.1 Å². The highest BCUT2D eigenvalue weighted by Gasteiger charge is 2.26. The van der Waals surface area contributed by atoms with Gasteiger partial charge in [-0.05, 0) is 23.8 Å². The Morgan fingerprint density at radius 3 is 2.86 bits per heavy atom. The number of amides is 1. The quantitative estimate of drug-likeness (QED) is 0.807. The Kier molecular flexibility index (Phi) is 4.29. The first-order valence-corrected chi connectivity index (χ1v) is 8.00. The number of amidine groups is 1. The highest BCUT2D eigenvalue weighted by Crippen LogP contribution is 2.27. The van der Waals surface area contributed by atoms with E-state index in [4.69, 9.17) is 23.2 Å². The number of fused-ring (bicyclic) bond motifs is 1. The predicted molar refractivity (Wildman–Crippen MR) is 89.4 cm³/mol. The molecule has 1 aromatic carbocycles. The van der Waals surface area contributed by atoms with E-state index in [2.05, 4.69) is 9.98 Å². The molecule has 0 N–H and O–H groups in total. The molecule has 0 fully saturated rings. The van der Waals surface area contributed by atoms with E-state index >= 15 is 0 Å². The van der Waals surface area contributed by atoms with Crippen LogP contribution in [0.4, 0.5) is 0 Å². The molecule has 1 atom stereocenters. The van der Waals surface area contributed by atoms with E-state index in [1.807, 2.05) is 30.4 Å². The lowest BCUT2D eigenvalue weighted by molar-refractivity contribution is -0.118. The van der Waals surface area contributed by atoms with Crippen LogP contribution < -0.4 is 0 Å². The zero-order chi connectivity index (χ0) is 14.8. The zero-order valence-electron chi connectivity index (χ0n) is 10.8. The van der Waals surface area contributed by atoms with Gasteiger partial charge < -0.3 is 0 Å². The van der Waals surface area contributed by atoms with E-state index < -0.39 is 0 Å². The second kappa shape index (κ2) is 6.18. The summed E-state index contributed by atoms with van der Waals surface area (Å²) in [5.41, 5.74) is 1.67. The summed E-state index contributed by atoms with van der Waals surface area (Å²) in [7, 11) is 0. The molecule has 0 saturated heterocycles. The lowest BCUT2D eigenvalue weighted by Gasteiger charge is -2.17. The van der Waals surface area contributed by atoms with Crippen molar-refractivity contribution in [1.29, 1.82) is 0 Å². The van der Waals surface area contributed by atoms with Crippen LogP contribution in [-0.2, 0) is 10.5 Å². The van der Waals surface area contributed by atoms with Gasteiger partial charge in [0.05, 0.1) is 5.71 Å². The predicted octanol–water partition coefficient (Wildman–Crippen LogP) is 4.31. The fraction of sp³-hybridized carbons (Fsp3) is 0.133. The average molecular weight is 337 g/mol. The molecule has 0 radical (unpaired) electrons. The van der Waals surface area contributed by atoms with Crippen LogP contribution in [0.3, 0.4) is 0 Å². The van der Waals surface area contributed by atoms with Crippen molar-refractivity contribution in [3.63, 3.8) is 0 Å². The molecule has 0 bridgehead atoms. The van der Waals surface area contributed by atoms with Crippen LogP contribution in [0.15, 0.2) is 52.5 Å². The van der Waals surface area contributed by atoms with Crippen molar-refractivity contribution < 1.29 is 4.79 Å². The maximum absolute atomic E-state index is 12.0. The molecular formula is C15H10Cl2N2OS. The molecule has 1 amide bonds. The summed E-state index contributed by atoms with van der Waals surface area (Å²) < 4.78 is 0. The third-order valence-electron chi connectivity index (χ3n) is 3.07. The maximum atomic E-state index is 12.0. The van der Waals surface area contributed by atoms with Gasteiger partial charge in [0, 0.05) is 15.8 Å². The van der Waals surface area contributed by atoms with Crippen molar-refractivity contribution in [2.45, 2.75) is 5.75 Å². The van der Waals surface area contributed by atoms with Gasteiger partial charge in [0.2, 0.25) is 0 Å². The van der Waals surface area contributed by atoms with Crippen molar-refractivity contribution in [3.8, 4) is 0 Å². The standard InChI is InChI=1S/C15H10Cl2N2OS/c16-10-6-5-9(12(17)7-10)8-21-15-18-13-4-2-1-3-11(13)14(20)19-15/h1-7,11H,8H2. The monoisotopic (exact) mass is 336 g/mol. The molecule has 1 aromatic rings. The van der Waals surface area contributed by atoms with Gasteiger partial charge in [-0.2, -0.15) is 4.99 Å². The smallest absolute Gasteiger partial charge is 0.261 e. The fourth-order valence-corrected chi connectivity index (χ4v) is 3.41. The molecule has 3 nitrogen and oxygen atoms in total. The first kappa shape index (κ1) is 14.6. The second-order valence-corrected chi connectivity index (χ2v) is 6.30. The van der Waals surface area contributed by atoms with Crippen LogP contribution in [0, 0.1) is 5.92 Å². The molecule has 0 spiro atoms. The van der Waals surface area contributed by atoms with E-state index in [9.17, 15) is 4.79 Å². The van der Waals surface area contributed by atoms with E-state index in [-0.39, 0.29) is 11.8 Å². The van der Waals surface area contributed by atoms with Crippen LogP contribution in [0.2, 0.25) is 10.0 Å². The summed E-state index contributed by atoms with van der Waals surface area (Å²) in [4.78, 5) is 20.4. The minimum atomic E-state index is -0.335. The normalized spacial score (nSPS) is 20.1. The van der Waals surface area contributed by atoms with Gasteiger partial charge in [-0.1, -0.05) is 59.3 Å².